The first kappa shape index (κ1) is 17.4. The van der Waals surface area contributed by atoms with E-state index in [0.717, 1.165) is 11.8 Å². The number of methoxy groups -OCH3 is 1. The van der Waals surface area contributed by atoms with Crippen LogP contribution < -0.4 is 0 Å². The molecule has 0 bridgehead atoms. The Bertz CT molecular complexity index is 276. The van der Waals surface area contributed by atoms with E-state index < -0.39 is 30.2 Å². The molecule has 0 aromatic rings. The first-order chi connectivity index (χ1) is 8.24. The molecule has 106 valence electrons. The summed E-state index contributed by atoms with van der Waals surface area (Å²) >= 11 is 1.07. The number of thioether (sulfide) groups is 1. The molecule has 0 fully saturated rings. The summed E-state index contributed by atoms with van der Waals surface area (Å²) in [6, 6.07) is 1.72. The summed E-state index contributed by atoms with van der Waals surface area (Å²) in [5.41, 5.74) is 0. The standard InChI is InChI=1S/C10H14F5NOS/c1-17-5-2-6-18-8(7-16)3-4-9(11,12)10(13,14)15/h8H,2-6H2,1H3. The second-order valence-corrected chi connectivity index (χ2v) is 4.89. The van der Waals surface area contributed by atoms with Gasteiger partial charge in [-0.05, 0) is 18.6 Å². The fourth-order valence-corrected chi connectivity index (χ4v) is 2.00. The molecule has 0 spiro atoms. The van der Waals surface area contributed by atoms with E-state index in [1.165, 1.54) is 7.11 Å². The smallest absolute Gasteiger partial charge is 0.385 e. The maximum atomic E-state index is 12.6. The normalized spacial score (nSPS) is 14.3. The second kappa shape index (κ2) is 7.79. The monoisotopic (exact) mass is 291 g/mol. The van der Waals surface area contributed by atoms with Gasteiger partial charge in [-0.1, -0.05) is 0 Å². The molecule has 0 rings (SSSR count). The van der Waals surface area contributed by atoms with E-state index in [1.807, 2.05) is 0 Å². The summed E-state index contributed by atoms with van der Waals surface area (Å²) in [4.78, 5) is 0. The number of nitrogens with zero attached hydrogens (tertiary/aromatic N) is 1. The van der Waals surface area contributed by atoms with Gasteiger partial charge in [0.2, 0.25) is 0 Å². The van der Waals surface area contributed by atoms with Gasteiger partial charge in [-0.2, -0.15) is 27.2 Å². The molecule has 2 nitrogen and oxygen atoms in total. The number of ether oxygens (including phenoxy) is 1. The van der Waals surface area contributed by atoms with Gasteiger partial charge in [-0.25, -0.2) is 0 Å². The Morgan fingerprint density at radius 2 is 1.89 bits per heavy atom. The summed E-state index contributed by atoms with van der Waals surface area (Å²) in [5.74, 6) is -4.24. The van der Waals surface area contributed by atoms with Crippen molar-refractivity contribution >= 4 is 11.8 Å². The van der Waals surface area contributed by atoms with Gasteiger partial charge in [0.25, 0.3) is 0 Å². The molecular formula is C10H14F5NOS. The zero-order valence-corrected chi connectivity index (χ0v) is 10.6. The van der Waals surface area contributed by atoms with Gasteiger partial charge in [0.1, 0.15) is 0 Å². The molecule has 0 aliphatic rings. The third-order valence-corrected chi connectivity index (χ3v) is 3.36. The zero-order chi connectivity index (χ0) is 14.2. The first-order valence-corrected chi connectivity index (χ1v) is 6.24. The van der Waals surface area contributed by atoms with Gasteiger partial charge in [-0.3, -0.25) is 0 Å². The van der Waals surface area contributed by atoms with Crippen LogP contribution in [0.3, 0.4) is 0 Å². The van der Waals surface area contributed by atoms with Crippen molar-refractivity contribution in [1.82, 2.24) is 0 Å². The predicted molar refractivity (Wildman–Crippen MR) is 58.6 cm³/mol. The number of rotatable bonds is 8. The first-order valence-electron chi connectivity index (χ1n) is 5.19. The van der Waals surface area contributed by atoms with E-state index >= 15 is 0 Å². The maximum Gasteiger partial charge on any atom is 0.453 e. The van der Waals surface area contributed by atoms with E-state index in [-0.39, 0.29) is 0 Å². The molecule has 0 radical (unpaired) electrons. The Balaban J connectivity index is 4.05. The fraction of sp³-hybridized carbons (Fsp3) is 0.900. The molecule has 0 aromatic carbocycles. The zero-order valence-electron chi connectivity index (χ0n) is 9.77. The largest absolute Gasteiger partial charge is 0.453 e. The highest BCUT2D eigenvalue weighted by Crippen LogP contribution is 2.39. The second-order valence-electron chi connectivity index (χ2n) is 3.58. The Hall–Kier alpha value is -0.550. The number of alkyl halides is 5. The van der Waals surface area contributed by atoms with Gasteiger partial charge in [0.05, 0.1) is 11.3 Å². The molecule has 0 heterocycles. The quantitative estimate of drug-likeness (QED) is 0.506. The highest BCUT2D eigenvalue weighted by atomic mass is 32.2. The molecule has 0 aliphatic heterocycles. The van der Waals surface area contributed by atoms with Crippen molar-refractivity contribution in [1.29, 1.82) is 5.26 Å². The van der Waals surface area contributed by atoms with Crippen LogP contribution in [-0.2, 0) is 4.74 Å². The maximum absolute atomic E-state index is 12.6. The topological polar surface area (TPSA) is 33.0 Å². The highest BCUT2D eigenvalue weighted by Gasteiger charge is 2.56. The molecule has 18 heavy (non-hydrogen) atoms. The fourth-order valence-electron chi connectivity index (χ4n) is 1.07. The Kier molecular flexibility index (Phi) is 7.55. The van der Waals surface area contributed by atoms with Crippen molar-refractivity contribution < 1.29 is 26.7 Å². The summed E-state index contributed by atoms with van der Waals surface area (Å²) in [6.07, 6.45) is -6.77. The van der Waals surface area contributed by atoms with Crippen molar-refractivity contribution in [3.63, 3.8) is 0 Å². The summed E-state index contributed by atoms with van der Waals surface area (Å²) in [5, 5.41) is 7.80. The molecule has 8 heteroatoms. The van der Waals surface area contributed by atoms with Crippen LogP contribution >= 0.6 is 11.8 Å². The molecule has 0 saturated heterocycles. The third-order valence-electron chi connectivity index (χ3n) is 2.09. The average Bonchev–Trinajstić information content (AvgIpc) is 2.26. The van der Waals surface area contributed by atoms with Crippen LogP contribution in [-0.4, -0.2) is 36.8 Å². The van der Waals surface area contributed by atoms with Gasteiger partial charge in [0.15, 0.2) is 0 Å². The number of nitriles is 1. The number of hydrogen-bond acceptors (Lipinski definition) is 3. The van der Waals surface area contributed by atoms with Crippen LogP contribution in [0.4, 0.5) is 22.0 Å². The van der Waals surface area contributed by atoms with Gasteiger partial charge < -0.3 is 4.74 Å². The summed E-state index contributed by atoms with van der Waals surface area (Å²) in [6.45, 7) is 0.462. The van der Waals surface area contributed by atoms with Crippen molar-refractivity contribution in [3.8, 4) is 6.07 Å². The molecule has 0 amide bonds. The van der Waals surface area contributed by atoms with Crippen LogP contribution in [0.5, 0.6) is 0 Å². The Morgan fingerprint density at radius 1 is 1.28 bits per heavy atom. The molecule has 0 N–H and O–H groups in total. The van der Waals surface area contributed by atoms with Crippen LogP contribution in [0.25, 0.3) is 0 Å². The lowest BCUT2D eigenvalue weighted by Gasteiger charge is -2.20. The molecule has 1 atom stereocenters. The van der Waals surface area contributed by atoms with Crippen molar-refractivity contribution in [3.05, 3.63) is 0 Å². The molecule has 0 aliphatic carbocycles. The van der Waals surface area contributed by atoms with E-state index in [9.17, 15) is 22.0 Å². The average molecular weight is 291 g/mol. The summed E-state index contributed by atoms with van der Waals surface area (Å²) < 4.78 is 65.6. The highest BCUT2D eigenvalue weighted by molar-refractivity contribution is 8.00. The SMILES string of the molecule is COCCCSC(C#N)CCC(F)(F)C(F)(F)F. The van der Waals surface area contributed by atoms with E-state index in [4.69, 9.17) is 10.00 Å². The minimum atomic E-state index is -5.55. The molecular weight excluding hydrogens is 277 g/mol. The third kappa shape index (κ3) is 6.40. The van der Waals surface area contributed by atoms with Gasteiger partial charge in [0, 0.05) is 20.1 Å². The van der Waals surface area contributed by atoms with Crippen LogP contribution in [0.15, 0.2) is 0 Å². The lowest BCUT2D eigenvalue weighted by molar-refractivity contribution is -0.284. The van der Waals surface area contributed by atoms with Crippen molar-refractivity contribution in [2.75, 3.05) is 19.5 Å². The Labute approximate surface area is 106 Å². The van der Waals surface area contributed by atoms with Crippen LogP contribution in [0, 0.1) is 11.3 Å². The Morgan fingerprint density at radius 3 is 2.33 bits per heavy atom. The molecule has 1 unspecified atom stereocenters. The minimum Gasteiger partial charge on any atom is -0.385 e. The van der Waals surface area contributed by atoms with E-state index in [1.54, 1.807) is 6.07 Å². The minimum absolute atomic E-state index is 0.462. The van der Waals surface area contributed by atoms with E-state index in [0.29, 0.717) is 18.8 Å². The number of hydrogen-bond donors (Lipinski definition) is 0. The predicted octanol–water partition coefficient (Wildman–Crippen LogP) is 3.63. The van der Waals surface area contributed by atoms with E-state index in [2.05, 4.69) is 0 Å². The lowest BCUT2D eigenvalue weighted by atomic mass is 10.1. The van der Waals surface area contributed by atoms with Crippen LogP contribution in [0.2, 0.25) is 0 Å². The number of halogens is 5. The van der Waals surface area contributed by atoms with Crippen LogP contribution in [0.1, 0.15) is 19.3 Å². The molecule has 0 aromatic heterocycles. The lowest BCUT2D eigenvalue weighted by Crippen LogP contribution is -2.36. The van der Waals surface area contributed by atoms with Gasteiger partial charge in [-0.15, -0.1) is 11.8 Å². The van der Waals surface area contributed by atoms with Crippen molar-refractivity contribution in [2.45, 2.75) is 36.6 Å². The summed E-state index contributed by atoms with van der Waals surface area (Å²) in [7, 11) is 1.50. The van der Waals surface area contributed by atoms with Crippen molar-refractivity contribution in [2.24, 2.45) is 0 Å². The van der Waals surface area contributed by atoms with Gasteiger partial charge >= 0.3 is 12.1 Å². The molecule has 0 saturated carbocycles.